The first kappa shape index (κ1) is 96.1. The van der Waals surface area contributed by atoms with E-state index in [4.69, 9.17) is 4.42 Å². The molecule has 0 amide bonds. The highest BCUT2D eigenvalue weighted by atomic mass is 32.1. The van der Waals surface area contributed by atoms with E-state index < -0.39 is 0 Å². The van der Waals surface area contributed by atoms with Crippen molar-refractivity contribution >= 4 is 11.3 Å². The Hall–Kier alpha value is -5.95. The number of furan rings is 1. The second-order valence-corrected chi connectivity index (χ2v) is 36.0. The Kier molecular flexibility index (Phi) is 46.0. The van der Waals surface area contributed by atoms with Crippen LogP contribution < -0.4 is 0 Å². The number of nitrogens with zero attached hydrogens (tertiary/aromatic N) is 11. The van der Waals surface area contributed by atoms with Gasteiger partial charge in [0.15, 0.2) is 0 Å². The third-order valence-corrected chi connectivity index (χ3v) is 18.3. The van der Waals surface area contributed by atoms with Crippen LogP contribution in [0.1, 0.15) is 347 Å². The molecule has 8 heterocycles. The minimum atomic E-state index is 0.442. The first-order valence-electron chi connectivity index (χ1n) is 40.5. The molecule has 588 valence electrons. The van der Waals surface area contributed by atoms with Crippen LogP contribution in [0.4, 0.5) is 0 Å². The van der Waals surface area contributed by atoms with E-state index in [1.54, 1.807) is 11.3 Å². The van der Waals surface area contributed by atoms with Crippen molar-refractivity contribution in [2.75, 3.05) is 0 Å². The molecule has 0 saturated carbocycles. The predicted octanol–water partition coefficient (Wildman–Crippen LogP) is 25.9. The highest BCUT2D eigenvalue weighted by Crippen LogP contribution is 2.25. The molecule has 8 rings (SSSR count). The van der Waals surface area contributed by atoms with Crippen LogP contribution in [0.2, 0.25) is 0 Å². The molecule has 0 aromatic carbocycles. The van der Waals surface area contributed by atoms with E-state index in [9.17, 15) is 0 Å². The minimum Gasteiger partial charge on any atom is -0.466 e. The van der Waals surface area contributed by atoms with E-state index in [0.29, 0.717) is 65.3 Å². The first-order valence-corrected chi connectivity index (χ1v) is 41.4. The molecule has 0 aliphatic carbocycles. The van der Waals surface area contributed by atoms with E-state index >= 15 is 0 Å². The summed E-state index contributed by atoms with van der Waals surface area (Å²) in [4.78, 5) is 13.3. The molecular formula is C91H157N11OS. The zero-order chi connectivity index (χ0) is 79.4. The lowest BCUT2D eigenvalue weighted by Crippen LogP contribution is -2.11. The molecule has 0 spiro atoms. The van der Waals surface area contributed by atoms with Crippen molar-refractivity contribution in [2.24, 2.45) is 59.2 Å². The lowest BCUT2D eigenvalue weighted by atomic mass is 10.0. The molecular weight excluding hydrogens is 1300 g/mol. The maximum absolute atomic E-state index is 5.66. The smallest absolute Gasteiger partial charge is 0.106 e. The number of aryl methyl sites for hydroxylation is 3. The number of hydrogen-bond donors (Lipinski definition) is 0. The standard InChI is InChI=1S/C14H25N.C13H23N.2C12H19N.C11H18O.C10H19N3.C10H17NS.C9H17N3/c1-10(2)7-14-8-12(5)15(13(14)6)9-11(3)4;1-9(2)7-13-8-11(5)14(10(3)4)12(13)6;1-9(2)7-11-5-6-13-12(8-11)10(3)4;1-9(2)7-11-5-6-12(10(3)4)13-8-11;1-8(2)7-10-5-6-11(12-10)9(3)4;1-8(2)5-10-7-13(12-11-10)6-9(3)4;1-7(2)5-10-11-9(6-12-10)8(3)4;1-5-9-6-12(11-10-9)8(4)7(2)3/h8,10-11H,7,9H2,1-6H3;8-10H,7H2,1-6H3;2*5-6,8-10H,7H2,1-4H3;5-6,8-9H,7H2,1-4H3;7-9H,5-6H2,1-4H3;2*6-8H,5H2,1-4H3. The van der Waals surface area contributed by atoms with Crippen LogP contribution in [-0.4, -0.2) is 54.1 Å². The topological polar surface area (TPSA) is 123 Å². The third kappa shape index (κ3) is 39.6. The summed E-state index contributed by atoms with van der Waals surface area (Å²) in [7, 11) is 0. The molecule has 1 unspecified atom stereocenters. The molecule has 0 radical (unpaired) electrons. The van der Waals surface area contributed by atoms with E-state index in [1.165, 1.54) is 80.0 Å². The van der Waals surface area contributed by atoms with Crippen molar-refractivity contribution in [3.05, 3.63) is 169 Å². The summed E-state index contributed by atoms with van der Waals surface area (Å²) < 4.78 is 14.4. The fourth-order valence-electron chi connectivity index (χ4n) is 11.8. The Morgan fingerprint density at radius 3 is 1.38 bits per heavy atom. The van der Waals surface area contributed by atoms with Gasteiger partial charge in [-0.25, -0.2) is 9.67 Å². The summed E-state index contributed by atoms with van der Waals surface area (Å²) in [5.41, 5.74) is 17.4. The van der Waals surface area contributed by atoms with E-state index in [2.05, 4.69) is 354 Å². The summed E-state index contributed by atoms with van der Waals surface area (Å²) in [6, 6.07) is 18.6. The van der Waals surface area contributed by atoms with Crippen molar-refractivity contribution < 1.29 is 4.42 Å². The van der Waals surface area contributed by atoms with Crippen LogP contribution in [0.3, 0.4) is 0 Å². The first-order chi connectivity index (χ1) is 48.4. The zero-order valence-electron chi connectivity index (χ0n) is 73.6. The normalized spacial score (nSPS) is 11.8. The quantitative estimate of drug-likeness (QED) is 0.0525. The maximum atomic E-state index is 5.66. The molecule has 8 aromatic heterocycles. The summed E-state index contributed by atoms with van der Waals surface area (Å²) >= 11 is 1.80. The lowest BCUT2D eigenvalue weighted by Gasteiger charge is -2.14. The number of thiazole rings is 1. The van der Waals surface area contributed by atoms with E-state index in [0.717, 1.165) is 104 Å². The molecule has 0 N–H and O–H groups in total. The third-order valence-electron chi connectivity index (χ3n) is 17.4. The molecule has 0 aliphatic heterocycles. The minimum absolute atomic E-state index is 0.442. The molecule has 8 aromatic rings. The Bertz CT molecular complexity index is 3400. The highest BCUT2D eigenvalue weighted by Gasteiger charge is 2.16. The fraction of sp³-hybridized carbons (Fsp3) is 0.681. The maximum Gasteiger partial charge on any atom is 0.106 e. The average Bonchev–Trinajstić information content (AvgIpc) is 1.67. The van der Waals surface area contributed by atoms with Gasteiger partial charge in [0.05, 0.1) is 28.1 Å². The van der Waals surface area contributed by atoms with Gasteiger partial charge in [0, 0.05) is 102 Å². The van der Waals surface area contributed by atoms with Gasteiger partial charge in [0.1, 0.15) is 11.5 Å². The van der Waals surface area contributed by atoms with Gasteiger partial charge in [0.25, 0.3) is 0 Å². The lowest BCUT2D eigenvalue weighted by molar-refractivity contribution is 0.368. The van der Waals surface area contributed by atoms with Crippen LogP contribution in [0.25, 0.3) is 0 Å². The summed E-state index contributed by atoms with van der Waals surface area (Å²) in [6.07, 6.45) is 16.9. The van der Waals surface area contributed by atoms with Crippen LogP contribution in [0.5, 0.6) is 0 Å². The van der Waals surface area contributed by atoms with Crippen LogP contribution >= 0.6 is 11.3 Å². The Balaban J connectivity index is 0.000000595. The Labute approximate surface area is 643 Å². The second kappa shape index (κ2) is 49.8. The van der Waals surface area contributed by atoms with Gasteiger partial charge in [-0.3, -0.25) is 14.6 Å². The Morgan fingerprint density at radius 1 is 0.433 bits per heavy atom. The van der Waals surface area contributed by atoms with E-state index in [-0.39, 0.29) is 0 Å². The monoisotopic (exact) mass is 1450 g/mol. The number of hydrogen-bond acceptors (Lipinski definition) is 9. The number of aromatic nitrogens is 11. The second-order valence-electron chi connectivity index (χ2n) is 35.1. The van der Waals surface area contributed by atoms with E-state index in [1.807, 2.05) is 28.0 Å². The van der Waals surface area contributed by atoms with Gasteiger partial charge in [-0.1, -0.05) is 217 Å². The largest absolute Gasteiger partial charge is 0.466 e. The average molecular weight is 1450 g/mol. The van der Waals surface area contributed by atoms with Crippen LogP contribution in [0.15, 0.2) is 83.1 Å². The van der Waals surface area contributed by atoms with Gasteiger partial charge >= 0.3 is 0 Å². The Morgan fingerprint density at radius 2 is 0.952 bits per heavy atom. The van der Waals surface area contributed by atoms with Crippen molar-refractivity contribution in [1.29, 1.82) is 0 Å². The van der Waals surface area contributed by atoms with Gasteiger partial charge in [0.2, 0.25) is 0 Å². The molecule has 0 fully saturated rings. The molecule has 13 heteroatoms. The number of rotatable bonds is 26. The highest BCUT2D eigenvalue weighted by molar-refractivity contribution is 7.09. The van der Waals surface area contributed by atoms with Gasteiger partial charge in [-0.15, -0.1) is 21.5 Å². The molecule has 1 atom stereocenters. The van der Waals surface area contributed by atoms with Crippen molar-refractivity contribution in [1.82, 2.24) is 54.1 Å². The molecule has 0 aliphatic rings. The van der Waals surface area contributed by atoms with Gasteiger partial charge in [-0.05, 0) is 229 Å². The zero-order valence-corrected chi connectivity index (χ0v) is 74.4. The van der Waals surface area contributed by atoms with Crippen molar-refractivity contribution in [3.8, 4) is 0 Å². The molecule has 12 nitrogen and oxygen atoms in total. The molecule has 0 saturated heterocycles. The van der Waals surface area contributed by atoms with Gasteiger partial charge in [-0.2, -0.15) is 0 Å². The van der Waals surface area contributed by atoms with Crippen LogP contribution in [-0.2, 0) is 64.5 Å². The predicted molar refractivity (Wildman–Crippen MR) is 452 cm³/mol. The molecule has 0 bridgehead atoms. The fourth-order valence-corrected chi connectivity index (χ4v) is 12.9. The summed E-state index contributed by atoms with van der Waals surface area (Å²) in [5, 5.41) is 19.8. The number of pyridine rings is 2. The van der Waals surface area contributed by atoms with Crippen LogP contribution in [0, 0.1) is 86.9 Å². The molecule has 104 heavy (non-hydrogen) atoms. The van der Waals surface area contributed by atoms with Crippen molar-refractivity contribution in [3.63, 3.8) is 0 Å². The SMILES string of the molecule is CC(C)Cc1ccc(C(C)C)nc1.CC(C)Cc1ccc(C(C)C)o1.CC(C)Cc1ccnc(C(C)C)c1.CC(C)Cc1cn(CC(C)C)nn1.CC(C)Cc1nc(C(C)C)cs1.CCc1cn(C(C)C(C)C)nn1.Cc1cc(CC(C)C)c(C)n1C(C)C.Cc1cc(CC(C)C)c(C)n1CC(C)C. The summed E-state index contributed by atoms with van der Waals surface area (Å²) in [6.45, 7) is 81.8. The van der Waals surface area contributed by atoms with Gasteiger partial charge < -0.3 is 13.6 Å². The van der Waals surface area contributed by atoms with Crippen molar-refractivity contribution in [2.45, 2.75) is 349 Å². The summed E-state index contributed by atoms with van der Waals surface area (Å²) in [5.74, 6) is 11.3.